The number of benzene rings is 1. The maximum atomic E-state index is 15.3. The van der Waals surface area contributed by atoms with Crippen LogP contribution < -0.4 is 19.1 Å². The van der Waals surface area contributed by atoms with Crippen LogP contribution in [-0.2, 0) is 31.6 Å². The number of halogens is 3. The van der Waals surface area contributed by atoms with Crippen molar-refractivity contribution >= 4 is 33.5 Å². The van der Waals surface area contributed by atoms with Crippen LogP contribution in [0.15, 0.2) is 41.6 Å². The molecule has 222 valence electrons. The van der Waals surface area contributed by atoms with Crippen molar-refractivity contribution in [2.45, 2.75) is 56.1 Å². The lowest BCUT2D eigenvalue weighted by molar-refractivity contribution is -0.120. The van der Waals surface area contributed by atoms with Crippen molar-refractivity contribution in [3.63, 3.8) is 0 Å². The molecular formula is C27H25F3N4O7S. The van der Waals surface area contributed by atoms with Crippen LogP contribution in [0.3, 0.4) is 0 Å². The van der Waals surface area contributed by atoms with Crippen LogP contribution in [0, 0.1) is 17.5 Å². The van der Waals surface area contributed by atoms with Crippen LogP contribution >= 0.6 is 0 Å². The van der Waals surface area contributed by atoms with Crippen LogP contribution in [0.5, 0.6) is 11.6 Å². The second-order valence-corrected chi connectivity index (χ2v) is 12.3. The Balaban J connectivity index is 1.39. The molecule has 0 saturated heterocycles. The smallest absolute Gasteiger partial charge is 0.423 e. The molecule has 1 aliphatic heterocycles. The Morgan fingerprint density at radius 3 is 2.48 bits per heavy atom. The van der Waals surface area contributed by atoms with Crippen molar-refractivity contribution in [3.8, 4) is 11.6 Å². The number of methoxy groups -OCH3 is 1. The number of carbonyl (C=O) groups is 2. The van der Waals surface area contributed by atoms with Gasteiger partial charge in [-0.2, -0.15) is 4.90 Å². The van der Waals surface area contributed by atoms with Crippen LogP contribution in [0.25, 0.3) is 0 Å². The van der Waals surface area contributed by atoms with E-state index in [4.69, 9.17) is 14.2 Å². The number of carbonyl (C=O) groups excluding carboxylic acids is 2. The van der Waals surface area contributed by atoms with Gasteiger partial charge in [-0.05, 0) is 51.8 Å². The summed E-state index contributed by atoms with van der Waals surface area (Å²) >= 11 is 0. The zero-order chi connectivity index (χ0) is 30.6. The highest BCUT2D eigenvalue weighted by Gasteiger charge is 2.62. The number of anilines is 2. The average Bonchev–Trinajstić information content (AvgIpc) is 3.67. The lowest BCUT2D eigenvalue weighted by atomic mass is 9.99. The highest BCUT2D eigenvalue weighted by Crippen LogP contribution is 2.57. The number of aromatic nitrogens is 2. The lowest BCUT2D eigenvalue weighted by Gasteiger charge is -2.23. The average molecular weight is 607 g/mol. The van der Waals surface area contributed by atoms with Crippen molar-refractivity contribution in [2.75, 3.05) is 16.7 Å². The van der Waals surface area contributed by atoms with E-state index in [1.165, 1.54) is 12.3 Å². The molecule has 3 aromatic rings. The molecule has 1 N–H and O–H groups in total. The fraction of sp³-hybridized carbons (Fsp3) is 0.333. The molecule has 1 spiro atoms. The summed E-state index contributed by atoms with van der Waals surface area (Å²) in [4.78, 5) is 33.8. The van der Waals surface area contributed by atoms with Crippen LogP contribution in [0.1, 0.15) is 44.7 Å². The van der Waals surface area contributed by atoms with Crippen molar-refractivity contribution in [2.24, 2.45) is 0 Å². The number of nitrogens with one attached hydrogen (secondary N) is 1. The van der Waals surface area contributed by atoms with E-state index in [1.54, 1.807) is 20.8 Å². The zero-order valence-electron chi connectivity index (χ0n) is 22.8. The number of imide groups is 1. The molecule has 11 nitrogen and oxygen atoms in total. The van der Waals surface area contributed by atoms with E-state index >= 15 is 4.39 Å². The molecule has 0 unspecified atom stereocenters. The number of ether oxygens (including phenoxy) is 3. The van der Waals surface area contributed by atoms with Gasteiger partial charge in [0.15, 0.2) is 10.7 Å². The molecular weight excluding hydrogens is 581 g/mol. The Hall–Kier alpha value is -4.40. The molecule has 15 heteroatoms. The monoisotopic (exact) mass is 606 g/mol. The van der Waals surface area contributed by atoms with Gasteiger partial charge >= 0.3 is 6.09 Å². The third kappa shape index (κ3) is 5.19. The van der Waals surface area contributed by atoms with E-state index in [0.717, 1.165) is 30.3 Å². The normalized spacial score (nSPS) is 15.4. The first kappa shape index (κ1) is 29.1. The molecule has 5 rings (SSSR count). The molecule has 2 aliphatic rings. The summed E-state index contributed by atoms with van der Waals surface area (Å²) < 4.78 is 87.1. The van der Waals surface area contributed by atoms with E-state index in [-0.39, 0.29) is 11.6 Å². The molecule has 0 atom stereocenters. The molecule has 1 aliphatic carbocycles. The minimum Gasteiger partial charge on any atom is -0.487 e. The number of pyridine rings is 2. The summed E-state index contributed by atoms with van der Waals surface area (Å²) in [5, 5.41) is 0. The topological polar surface area (TPSA) is 137 Å². The predicted octanol–water partition coefficient (Wildman–Crippen LogP) is 4.60. The molecule has 1 saturated carbocycles. The number of hydrogen-bond acceptors (Lipinski definition) is 9. The summed E-state index contributed by atoms with van der Waals surface area (Å²) in [6.07, 6.45) is 2.01. The third-order valence-electron chi connectivity index (χ3n) is 6.59. The number of hydrogen-bond donors (Lipinski definition) is 1. The minimum atomic E-state index is -4.60. The summed E-state index contributed by atoms with van der Waals surface area (Å²) in [6, 6.07) is 3.80. The Morgan fingerprint density at radius 2 is 1.83 bits per heavy atom. The second kappa shape index (κ2) is 10.2. The zero-order valence-corrected chi connectivity index (χ0v) is 23.6. The van der Waals surface area contributed by atoms with Crippen molar-refractivity contribution in [1.29, 1.82) is 0 Å². The molecule has 2 amide bonds. The fourth-order valence-corrected chi connectivity index (χ4v) is 5.67. The van der Waals surface area contributed by atoms with Gasteiger partial charge in [-0.15, -0.1) is 0 Å². The van der Waals surface area contributed by atoms with Gasteiger partial charge in [0.1, 0.15) is 35.4 Å². The van der Waals surface area contributed by atoms with E-state index in [1.807, 2.05) is 4.72 Å². The first-order valence-corrected chi connectivity index (χ1v) is 14.1. The summed E-state index contributed by atoms with van der Waals surface area (Å²) in [6.45, 7) is 4.31. The van der Waals surface area contributed by atoms with Gasteiger partial charge in [0.25, 0.3) is 10.0 Å². The molecule has 0 radical (unpaired) electrons. The molecule has 2 aromatic heterocycles. The van der Waals surface area contributed by atoms with Crippen molar-refractivity contribution < 1.29 is 45.4 Å². The number of sulfonamides is 1. The van der Waals surface area contributed by atoms with Crippen LogP contribution in [0.2, 0.25) is 0 Å². The Bertz CT molecular complexity index is 1720. The summed E-state index contributed by atoms with van der Waals surface area (Å²) in [7, 11) is -3.48. The first-order chi connectivity index (χ1) is 19.7. The molecule has 42 heavy (non-hydrogen) atoms. The molecule has 1 fully saturated rings. The minimum absolute atomic E-state index is 0.0548. The van der Waals surface area contributed by atoms with E-state index in [9.17, 15) is 26.8 Å². The predicted molar refractivity (Wildman–Crippen MR) is 141 cm³/mol. The van der Waals surface area contributed by atoms with E-state index in [2.05, 4.69) is 9.97 Å². The Labute approximate surface area is 238 Å². The van der Waals surface area contributed by atoms with Crippen LogP contribution in [-0.4, -0.2) is 43.1 Å². The standard InChI is InChI=1S/C27H25F3N4O7S/c1-26(2,3)41-25(36)34-22-17(27(7-8-27)24(34)35)10-15(12-31-22)40-13-16-18(29)5-6-19(21(16)30)33-42(37,38)20-9-14(28)11-32-23(20)39-4/h5-6,9-12,33H,7-8,13H2,1-4H3. The van der Waals surface area contributed by atoms with Gasteiger partial charge in [-0.25, -0.2) is 36.4 Å². The van der Waals surface area contributed by atoms with Gasteiger partial charge in [0.2, 0.25) is 11.8 Å². The third-order valence-corrected chi connectivity index (χ3v) is 7.95. The highest BCUT2D eigenvalue weighted by molar-refractivity contribution is 7.92. The van der Waals surface area contributed by atoms with Gasteiger partial charge < -0.3 is 14.2 Å². The quantitative estimate of drug-likeness (QED) is 0.409. The van der Waals surface area contributed by atoms with Crippen molar-refractivity contribution in [1.82, 2.24) is 9.97 Å². The number of amides is 2. The Morgan fingerprint density at radius 1 is 1.12 bits per heavy atom. The fourth-order valence-electron chi connectivity index (χ4n) is 4.48. The van der Waals surface area contributed by atoms with Crippen LogP contribution in [0.4, 0.5) is 29.5 Å². The highest BCUT2D eigenvalue weighted by atomic mass is 32.2. The molecule has 3 heterocycles. The van der Waals surface area contributed by atoms with Gasteiger partial charge in [0, 0.05) is 11.6 Å². The number of nitrogens with zero attached hydrogens (tertiary/aromatic N) is 3. The Kier molecular flexibility index (Phi) is 7.03. The lowest BCUT2D eigenvalue weighted by Crippen LogP contribution is -2.41. The summed E-state index contributed by atoms with van der Waals surface area (Å²) in [5.74, 6) is -4.04. The van der Waals surface area contributed by atoms with Crippen molar-refractivity contribution in [3.05, 3.63) is 65.2 Å². The summed E-state index contributed by atoms with van der Waals surface area (Å²) in [5.41, 5.74) is -2.63. The first-order valence-electron chi connectivity index (χ1n) is 12.6. The number of rotatable bonds is 7. The largest absolute Gasteiger partial charge is 0.487 e. The maximum absolute atomic E-state index is 15.3. The van der Waals surface area contributed by atoms with Gasteiger partial charge in [-0.3, -0.25) is 9.52 Å². The molecule has 1 aromatic carbocycles. The van der Waals surface area contributed by atoms with E-state index in [0.29, 0.717) is 24.5 Å². The maximum Gasteiger partial charge on any atom is 0.423 e. The number of fused-ring (bicyclic) bond motifs is 2. The van der Waals surface area contributed by atoms with Gasteiger partial charge in [0.05, 0.1) is 36.2 Å². The van der Waals surface area contributed by atoms with E-state index < -0.39 is 79.1 Å². The van der Waals surface area contributed by atoms with Gasteiger partial charge in [-0.1, -0.05) is 0 Å². The molecule has 0 bridgehead atoms. The SMILES string of the molecule is COc1ncc(F)cc1S(=O)(=O)Nc1ccc(F)c(COc2cnc3c(c2)C2(CC2)C(=O)N3C(=O)OC(C)(C)C)c1F. The second-order valence-electron chi connectivity index (χ2n) is 10.7.